The standard InChI is InChI=1S/C30H48N4O8/c1-8-40-28(39-7)25-23(26(35)34(25)29(37)31-19(4)22-12-10-9-11-13-22)16-21-14-15-33(6)24(17-21)32-30(38)42-20(5)41-27(36)18(2)3/h14-15,17-20,22-25,28H,8-13,16H2,1-7H3,(H,31,37)(H,32,38)/t19?,20?,23-,24?,25?,28?/m1/s1. The van der Waals surface area contributed by atoms with Crippen molar-refractivity contribution in [3.05, 3.63) is 23.9 Å². The smallest absolute Gasteiger partial charge is 0.412 e. The number of imide groups is 1. The molecular formula is C30H48N4O8. The Labute approximate surface area is 249 Å². The van der Waals surface area contributed by atoms with Gasteiger partial charge in [0.15, 0.2) is 6.29 Å². The van der Waals surface area contributed by atoms with E-state index in [9.17, 15) is 19.2 Å². The first-order chi connectivity index (χ1) is 20.0. The number of esters is 1. The minimum atomic E-state index is -1.05. The van der Waals surface area contributed by atoms with Gasteiger partial charge in [-0.05, 0) is 56.8 Å². The minimum absolute atomic E-state index is 0.0406. The number of hydrogen-bond donors (Lipinski definition) is 2. The molecule has 2 aliphatic heterocycles. The van der Waals surface area contributed by atoms with E-state index in [-0.39, 0.29) is 17.9 Å². The normalized spacial score (nSPS) is 24.8. The van der Waals surface area contributed by atoms with Gasteiger partial charge in [0.05, 0.1) is 11.8 Å². The molecule has 6 atom stereocenters. The molecule has 1 aliphatic carbocycles. The highest BCUT2D eigenvalue weighted by molar-refractivity contribution is 6.01. The Morgan fingerprint density at radius 1 is 1.07 bits per heavy atom. The molecule has 1 saturated carbocycles. The van der Waals surface area contributed by atoms with Crippen molar-refractivity contribution in [3.63, 3.8) is 0 Å². The number of allylic oxidation sites excluding steroid dienone is 2. The number of carbonyl (C=O) groups is 4. The summed E-state index contributed by atoms with van der Waals surface area (Å²) in [5.41, 5.74) is 0.794. The molecule has 236 valence electrons. The number of urea groups is 1. The van der Waals surface area contributed by atoms with Gasteiger partial charge in [-0.15, -0.1) is 0 Å². The zero-order chi connectivity index (χ0) is 31.0. The van der Waals surface area contributed by atoms with Crippen LogP contribution >= 0.6 is 0 Å². The Morgan fingerprint density at radius 3 is 2.38 bits per heavy atom. The highest BCUT2D eigenvalue weighted by Crippen LogP contribution is 2.37. The fraction of sp³-hybridized carbons (Fsp3) is 0.733. The first kappa shape index (κ1) is 33.4. The van der Waals surface area contributed by atoms with Gasteiger partial charge in [0.2, 0.25) is 12.2 Å². The van der Waals surface area contributed by atoms with Crippen LogP contribution in [0.1, 0.15) is 73.1 Å². The molecule has 0 spiro atoms. The molecule has 42 heavy (non-hydrogen) atoms. The van der Waals surface area contributed by atoms with Crippen LogP contribution in [-0.4, -0.2) is 85.4 Å². The topological polar surface area (TPSA) is 136 Å². The molecule has 3 rings (SSSR count). The lowest BCUT2D eigenvalue weighted by Crippen LogP contribution is -2.70. The summed E-state index contributed by atoms with van der Waals surface area (Å²) in [4.78, 5) is 54.0. The number of hydrogen-bond acceptors (Lipinski definition) is 9. The summed E-state index contributed by atoms with van der Waals surface area (Å²) in [6, 6.07) is -1.08. The van der Waals surface area contributed by atoms with Crippen LogP contribution in [0, 0.1) is 17.8 Å². The number of β-lactam (4-membered cyclic amide) rings is 1. The van der Waals surface area contributed by atoms with Crippen molar-refractivity contribution < 1.29 is 38.1 Å². The molecule has 0 aromatic carbocycles. The first-order valence-corrected chi connectivity index (χ1v) is 15.0. The van der Waals surface area contributed by atoms with Crippen molar-refractivity contribution in [1.29, 1.82) is 0 Å². The fourth-order valence-corrected chi connectivity index (χ4v) is 5.66. The number of alkyl carbamates (subject to hydrolysis) is 1. The number of rotatable bonds is 12. The van der Waals surface area contributed by atoms with Gasteiger partial charge < -0.3 is 29.2 Å². The average molecular weight is 593 g/mol. The van der Waals surface area contributed by atoms with Gasteiger partial charge >= 0.3 is 18.1 Å². The second-order valence-corrected chi connectivity index (χ2v) is 11.6. The molecule has 12 heteroatoms. The van der Waals surface area contributed by atoms with Crippen LogP contribution in [-0.2, 0) is 28.5 Å². The number of methoxy groups -OCH3 is 1. The van der Waals surface area contributed by atoms with Crippen molar-refractivity contribution in [2.45, 2.75) is 104 Å². The van der Waals surface area contributed by atoms with Crippen molar-refractivity contribution >= 4 is 24.0 Å². The van der Waals surface area contributed by atoms with Crippen LogP contribution in [0.4, 0.5) is 9.59 Å². The Balaban J connectivity index is 1.67. The highest BCUT2D eigenvalue weighted by atomic mass is 16.7. The predicted molar refractivity (Wildman–Crippen MR) is 155 cm³/mol. The van der Waals surface area contributed by atoms with Gasteiger partial charge in [-0.3, -0.25) is 19.8 Å². The van der Waals surface area contributed by atoms with Crippen LogP contribution in [0.5, 0.6) is 0 Å². The zero-order valence-electron chi connectivity index (χ0n) is 26.0. The van der Waals surface area contributed by atoms with Crippen molar-refractivity contribution in [1.82, 2.24) is 20.4 Å². The lowest BCUT2D eigenvalue weighted by molar-refractivity contribution is -0.200. The van der Waals surface area contributed by atoms with E-state index in [0.717, 1.165) is 31.3 Å². The van der Waals surface area contributed by atoms with Gasteiger partial charge in [0.25, 0.3) is 0 Å². The number of ether oxygens (including phenoxy) is 4. The summed E-state index contributed by atoms with van der Waals surface area (Å²) in [7, 11) is 3.28. The quantitative estimate of drug-likeness (QED) is 0.197. The number of amides is 4. The van der Waals surface area contributed by atoms with Gasteiger partial charge in [0, 0.05) is 39.9 Å². The van der Waals surface area contributed by atoms with Crippen molar-refractivity contribution in [3.8, 4) is 0 Å². The second kappa shape index (κ2) is 15.4. The lowest BCUT2D eigenvalue weighted by atomic mass is 9.81. The minimum Gasteiger partial charge on any atom is -0.425 e. The summed E-state index contributed by atoms with van der Waals surface area (Å²) < 4.78 is 21.6. The van der Waals surface area contributed by atoms with E-state index in [1.54, 1.807) is 32.0 Å². The third-order valence-electron chi connectivity index (χ3n) is 8.12. The van der Waals surface area contributed by atoms with E-state index in [1.807, 2.05) is 26.0 Å². The van der Waals surface area contributed by atoms with E-state index in [4.69, 9.17) is 18.9 Å². The lowest BCUT2D eigenvalue weighted by Gasteiger charge is -2.48. The zero-order valence-corrected chi connectivity index (χ0v) is 26.0. The summed E-state index contributed by atoms with van der Waals surface area (Å²) in [5, 5.41) is 5.79. The van der Waals surface area contributed by atoms with Crippen molar-refractivity contribution in [2.75, 3.05) is 20.8 Å². The molecule has 12 nitrogen and oxygen atoms in total. The summed E-state index contributed by atoms with van der Waals surface area (Å²) in [6.07, 6.45) is 8.29. The van der Waals surface area contributed by atoms with Crippen molar-refractivity contribution in [2.24, 2.45) is 17.8 Å². The molecular weight excluding hydrogens is 544 g/mol. The van der Waals surface area contributed by atoms with Gasteiger partial charge in [0.1, 0.15) is 12.2 Å². The molecule has 0 radical (unpaired) electrons. The molecule has 2 N–H and O–H groups in total. The molecule has 2 fully saturated rings. The van der Waals surface area contributed by atoms with E-state index < -0.39 is 48.8 Å². The van der Waals surface area contributed by atoms with Crippen LogP contribution in [0.15, 0.2) is 23.9 Å². The molecule has 0 bridgehead atoms. The third kappa shape index (κ3) is 8.47. The van der Waals surface area contributed by atoms with E-state index >= 15 is 0 Å². The largest absolute Gasteiger partial charge is 0.425 e. The number of likely N-dealkylation sites (N-methyl/N-ethyl adjacent to an activating group) is 1. The van der Waals surface area contributed by atoms with E-state index in [2.05, 4.69) is 10.6 Å². The van der Waals surface area contributed by atoms with E-state index in [1.165, 1.54) is 25.4 Å². The van der Waals surface area contributed by atoms with Gasteiger partial charge in [-0.25, -0.2) is 9.59 Å². The maximum Gasteiger partial charge on any atom is 0.412 e. The number of nitrogens with zero attached hydrogens (tertiary/aromatic N) is 2. The average Bonchev–Trinajstić information content (AvgIpc) is 2.95. The SMILES string of the molecule is CCOC(OC)C1[C@@H](CC2=CC(NC(=O)OC(C)OC(=O)C(C)C)N(C)C=C2)C(=O)N1C(=O)NC(C)C1CCCCC1. The molecule has 2 heterocycles. The Bertz CT molecular complexity index is 1020. The number of nitrogens with one attached hydrogen (secondary N) is 2. The third-order valence-corrected chi connectivity index (χ3v) is 8.12. The summed E-state index contributed by atoms with van der Waals surface area (Å²) in [6.45, 7) is 9.04. The van der Waals surface area contributed by atoms with Crippen LogP contribution in [0.2, 0.25) is 0 Å². The molecule has 0 aromatic rings. The Kier molecular flexibility index (Phi) is 12.2. The summed E-state index contributed by atoms with van der Waals surface area (Å²) >= 11 is 0. The molecule has 1 saturated heterocycles. The van der Waals surface area contributed by atoms with Crippen LogP contribution in [0.25, 0.3) is 0 Å². The molecule has 5 unspecified atom stereocenters. The Morgan fingerprint density at radius 2 is 1.76 bits per heavy atom. The van der Waals surface area contributed by atoms with Gasteiger partial charge in [-0.1, -0.05) is 33.1 Å². The maximum atomic E-state index is 13.4. The van der Waals surface area contributed by atoms with Gasteiger partial charge in [-0.2, -0.15) is 0 Å². The van der Waals surface area contributed by atoms with Crippen LogP contribution in [0.3, 0.4) is 0 Å². The number of carbonyl (C=O) groups excluding carboxylic acids is 4. The number of likely N-dealkylation sites (tertiary alicyclic amines) is 1. The van der Waals surface area contributed by atoms with E-state index in [0.29, 0.717) is 18.9 Å². The monoisotopic (exact) mass is 592 g/mol. The maximum absolute atomic E-state index is 13.4. The molecule has 4 amide bonds. The molecule has 0 aromatic heterocycles. The molecule has 3 aliphatic rings. The Hall–Kier alpha value is -3.12. The van der Waals surface area contributed by atoms with Crippen LogP contribution < -0.4 is 10.6 Å². The first-order valence-electron chi connectivity index (χ1n) is 15.0. The summed E-state index contributed by atoms with van der Waals surface area (Å²) in [5.74, 6) is -1.27. The second-order valence-electron chi connectivity index (χ2n) is 11.6. The predicted octanol–water partition coefficient (Wildman–Crippen LogP) is 3.87. The highest BCUT2D eigenvalue weighted by Gasteiger charge is 2.55. The fourth-order valence-electron chi connectivity index (χ4n) is 5.66.